The van der Waals surface area contributed by atoms with E-state index in [1.54, 1.807) is 12.1 Å². The molecule has 5 heteroatoms. The van der Waals surface area contributed by atoms with Crippen LogP contribution in [0.1, 0.15) is 25.8 Å². The average molecular weight is 251 g/mol. The van der Waals surface area contributed by atoms with Gasteiger partial charge in [0.2, 0.25) is 0 Å². The van der Waals surface area contributed by atoms with E-state index in [1.807, 2.05) is 0 Å². The van der Waals surface area contributed by atoms with E-state index < -0.39 is 7.12 Å². The van der Waals surface area contributed by atoms with Crippen molar-refractivity contribution in [3.8, 4) is 0 Å². The summed E-state index contributed by atoms with van der Waals surface area (Å²) < 4.78 is 13.8. The van der Waals surface area contributed by atoms with E-state index in [4.69, 9.17) is 10.0 Å². The molecule has 98 valence electrons. The molecule has 1 aromatic carbocycles. The third-order valence-corrected chi connectivity index (χ3v) is 3.53. The Kier molecular flexibility index (Phi) is 3.75. The van der Waals surface area contributed by atoms with Gasteiger partial charge in [0.05, 0.1) is 0 Å². The zero-order valence-corrected chi connectivity index (χ0v) is 10.9. The minimum absolute atomic E-state index is 0.193. The summed E-state index contributed by atoms with van der Waals surface area (Å²) in [5.41, 5.74) is 1.10. The second kappa shape index (κ2) is 5.00. The van der Waals surface area contributed by atoms with Crippen molar-refractivity contribution >= 4 is 12.6 Å². The van der Waals surface area contributed by atoms with Crippen LogP contribution in [0.3, 0.4) is 0 Å². The van der Waals surface area contributed by atoms with Crippen LogP contribution in [0.2, 0.25) is 0 Å². The van der Waals surface area contributed by atoms with Gasteiger partial charge >= 0.3 is 7.12 Å². The number of likely N-dealkylation sites (tertiary alicyclic amines) is 1. The minimum Gasteiger partial charge on any atom is -0.423 e. The molecule has 0 unspecified atom stereocenters. The lowest BCUT2D eigenvalue weighted by Crippen LogP contribution is -2.30. The molecule has 0 saturated carbocycles. The number of hydrogen-bond donors (Lipinski definition) is 2. The van der Waals surface area contributed by atoms with Crippen LogP contribution in [-0.4, -0.2) is 35.2 Å². The fourth-order valence-corrected chi connectivity index (χ4v) is 2.45. The van der Waals surface area contributed by atoms with Crippen molar-refractivity contribution in [1.29, 1.82) is 0 Å². The maximum absolute atomic E-state index is 13.8. The van der Waals surface area contributed by atoms with Crippen LogP contribution in [0.5, 0.6) is 0 Å². The first-order valence-corrected chi connectivity index (χ1v) is 6.24. The summed E-state index contributed by atoms with van der Waals surface area (Å²) in [4.78, 5) is 2.23. The molecule has 0 bridgehead atoms. The molecule has 0 radical (unpaired) electrons. The molecule has 0 amide bonds. The first-order chi connectivity index (χ1) is 8.37. The Morgan fingerprint density at radius 2 is 2.11 bits per heavy atom. The highest BCUT2D eigenvalue weighted by Crippen LogP contribution is 2.29. The van der Waals surface area contributed by atoms with Crippen molar-refractivity contribution < 1.29 is 14.4 Å². The number of hydrogen-bond acceptors (Lipinski definition) is 3. The van der Waals surface area contributed by atoms with Crippen molar-refractivity contribution in [3.63, 3.8) is 0 Å². The molecule has 0 aliphatic carbocycles. The Morgan fingerprint density at radius 1 is 1.39 bits per heavy atom. The fraction of sp³-hybridized carbons (Fsp3) is 0.538. The van der Waals surface area contributed by atoms with Crippen LogP contribution in [-0.2, 0) is 6.54 Å². The van der Waals surface area contributed by atoms with Gasteiger partial charge in [-0.3, -0.25) is 4.90 Å². The quantitative estimate of drug-likeness (QED) is 0.778. The van der Waals surface area contributed by atoms with Crippen molar-refractivity contribution in [2.75, 3.05) is 13.1 Å². The molecular weight excluding hydrogens is 232 g/mol. The predicted octanol–water partition coefficient (Wildman–Crippen LogP) is 0.737. The highest BCUT2D eigenvalue weighted by Gasteiger charge is 2.29. The fourth-order valence-electron chi connectivity index (χ4n) is 2.45. The molecule has 1 aliphatic rings. The summed E-state index contributed by atoms with van der Waals surface area (Å²) in [6.07, 6.45) is 1.13. The molecule has 2 rings (SSSR count). The zero-order chi connectivity index (χ0) is 13.3. The van der Waals surface area contributed by atoms with E-state index in [2.05, 4.69) is 18.7 Å². The average Bonchev–Trinajstić information content (AvgIpc) is 2.61. The molecule has 1 aliphatic heterocycles. The largest absolute Gasteiger partial charge is 0.488 e. The Bertz CT molecular complexity index is 437. The number of halogens is 1. The van der Waals surface area contributed by atoms with Crippen LogP contribution in [0.15, 0.2) is 18.2 Å². The molecule has 0 atom stereocenters. The van der Waals surface area contributed by atoms with Gasteiger partial charge < -0.3 is 10.0 Å². The van der Waals surface area contributed by atoms with Crippen LogP contribution in [0.4, 0.5) is 4.39 Å². The molecule has 1 saturated heterocycles. The summed E-state index contributed by atoms with van der Waals surface area (Å²) in [5, 5.41) is 17.9. The minimum atomic E-state index is -1.61. The van der Waals surface area contributed by atoms with Gasteiger partial charge in [0.15, 0.2) is 0 Å². The topological polar surface area (TPSA) is 43.7 Å². The van der Waals surface area contributed by atoms with Gasteiger partial charge in [-0.1, -0.05) is 26.0 Å². The number of benzene rings is 1. The Labute approximate surface area is 107 Å². The smallest absolute Gasteiger partial charge is 0.423 e. The van der Waals surface area contributed by atoms with E-state index in [0.29, 0.717) is 17.5 Å². The van der Waals surface area contributed by atoms with Gasteiger partial charge in [-0.2, -0.15) is 0 Å². The molecule has 1 fully saturated rings. The molecule has 3 nitrogen and oxygen atoms in total. The lowest BCUT2D eigenvalue weighted by atomic mass is 9.80. The summed E-state index contributed by atoms with van der Waals surface area (Å²) in [7, 11) is -1.61. The third-order valence-electron chi connectivity index (χ3n) is 3.53. The molecule has 2 N–H and O–H groups in total. The maximum Gasteiger partial charge on any atom is 0.488 e. The lowest BCUT2D eigenvalue weighted by Gasteiger charge is -2.20. The predicted molar refractivity (Wildman–Crippen MR) is 69.9 cm³/mol. The van der Waals surface area contributed by atoms with Gasteiger partial charge in [0.25, 0.3) is 0 Å². The van der Waals surface area contributed by atoms with Crippen molar-refractivity contribution in [2.45, 2.75) is 26.8 Å². The highest BCUT2D eigenvalue weighted by molar-refractivity contribution is 6.58. The van der Waals surface area contributed by atoms with Gasteiger partial charge in [0.1, 0.15) is 5.82 Å². The first kappa shape index (κ1) is 13.5. The normalized spacial score (nSPS) is 19.2. The lowest BCUT2D eigenvalue weighted by molar-refractivity contribution is 0.281. The maximum atomic E-state index is 13.8. The van der Waals surface area contributed by atoms with Crippen molar-refractivity contribution in [1.82, 2.24) is 4.90 Å². The van der Waals surface area contributed by atoms with Gasteiger partial charge in [-0.05, 0) is 29.9 Å². The summed E-state index contributed by atoms with van der Waals surface area (Å²) in [5.74, 6) is -0.370. The SMILES string of the molecule is CC1(C)CCN(Cc2ccc(B(O)O)cc2F)C1. The standard InChI is InChI=1S/C13H19BFNO2/c1-13(2)5-6-16(9-13)8-10-3-4-11(14(17)18)7-12(10)15/h3-4,7,17-18H,5-6,8-9H2,1-2H3. The third kappa shape index (κ3) is 3.10. The molecule has 0 aromatic heterocycles. The van der Waals surface area contributed by atoms with Gasteiger partial charge in [0, 0.05) is 18.7 Å². The molecule has 1 aromatic rings. The molecule has 18 heavy (non-hydrogen) atoms. The van der Waals surface area contributed by atoms with Crippen LogP contribution in [0, 0.1) is 11.2 Å². The summed E-state index contributed by atoms with van der Waals surface area (Å²) in [6.45, 7) is 6.97. The second-order valence-corrected chi connectivity index (χ2v) is 5.85. The second-order valence-electron chi connectivity index (χ2n) is 5.85. The molecular formula is C13H19BFNO2. The number of rotatable bonds is 3. The Balaban J connectivity index is 2.06. The van der Waals surface area contributed by atoms with Crippen LogP contribution >= 0.6 is 0 Å². The summed E-state index contributed by atoms with van der Waals surface area (Å²) >= 11 is 0. The van der Waals surface area contributed by atoms with Crippen molar-refractivity contribution in [2.24, 2.45) is 5.41 Å². The van der Waals surface area contributed by atoms with Gasteiger partial charge in [-0.15, -0.1) is 0 Å². The van der Waals surface area contributed by atoms with E-state index >= 15 is 0 Å². The summed E-state index contributed by atoms with van der Waals surface area (Å²) in [6, 6.07) is 4.39. The van der Waals surface area contributed by atoms with E-state index in [9.17, 15) is 4.39 Å². The van der Waals surface area contributed by atoms with E-state index in [1.165, 1.54) is 6.07 Å². The monoisotopic (exact) mass is 251 g/mol. The van der Waals surface area contributed by atoms with Crippen molar-refractivity contribution in [3.05, 3.63) is 29.6 Å². The van der Waals surface area contributed by atoms with Crippen LogP contribution in [0.25, 0.3) is 0 Å². The zero-order valence-electron chi connectivity index (χ0n) is 10.9. The van der Waals surface area contributed by atoms with E-state index in [0.717, 1.165) is 19.5 Å². The molecule has 0 spiro atoms. The van der Waals surface area contributed by atoms with Crippen LogP contribution < -0.4 is 5.46 Å². The molecule has 1 heterocycles. The Hall–Kier alpha value is -0.905. The first-order valence-electron chi connectivity index (χ1n) is 6.24. The Morgan fingerprint density at radius 3 is 2.61 bits per heavy atom. The van der Waals surface area contributed by atoms with Gasteiger partial charge in [-0.25, -0.2) is 4.39 Å². The number of nitrogens with zero attached hydrogens (tertiary/aromatic N) is 1. The highest BCUT2D eigenvalue weighted by atomic mass is 19.1. The van der Waals surface area contributed by atoms with E-state index in [-0.39, 0.29) is 11.3 Å².